The van der Waals surface area contributed by atoms with E-state index in [4.69, 9.17) is 10.7 Å². The topological polar surface area (TPSA) is 46.6 Å². The molecule has 2 N–H and O–H groups in total. The number of hydrogen-bond donors (Lipinski definition) is 1. The smallest absolute Gasteiger partial charge is 0.137 e. The highest BCUT2D eigenvalue weighted by molar-refractivity contribution is 5.45. The van der Waals surface area contributed by atoms with Gasteiger partial charge in [-0.1, -0.05) is 35.9 Å². The number of nitrogens with zero attached hydrogens (tertiary/aromatic N) is 3. The highest BCUT2D eigenvalue weighted by atomic mass is 15.1. The average Bonchev–Trinajstić information content (AvgIpc) is 2.84. The van der Waals surface area contributed by atoms with Gasteiger partial charge in [0, 0.05) is 19.2 Å². The number of hydrogen-bond acceptors (Lipinski definition) is 3. The average molecular weight is 308 g/mol. The highest BCUT2D eigenvalue weighted by Crippen LogP contribution is 2.22. The van der Waals surface area contributed by atoms with Gasteiger partial charge in [0.15, 0.2) is 0 Å². The first-order valence-corrected chi connectivity index (χ1v) is 7.96. The molecule has 3 rings (SSSR count). The molecule has 0 saturated heterocycles. The van der Waals surface area contributed by atoms with Crippen LogP contribution in [0.15, 0.2) is 48.7 Å². The Balaban J connectivity index is 2.04. The van der Waals surface area contributed by atoms with Crippen molar-refractivity contribution < 1.29 is 0 Å². The molecule has 0 bridgehead atoms. The summed E-state index contributed by atoms with van der Waals surface area (Å²) in [5, 5.41) is 0. The minimum Gasteiger partial charge on any atom is -0.322 e. The molecule has 0 fully saturated rings. The van der Waals surface area contributed by atoms with Crippen molar-refractivity contribution >= 4 is 5.65 Å². The minimum absolute atomic E-state index is 0.0674. The molecule has 23 heavy (non-hydrogen) atoms. The van der Waals surface area contributed by atoms with Gasteiger partial charge in [0.2, 0.25) is 0 Å². The lowest BCUT2D eigenvalue weighted by Crippen LogP contribution is -2.27. The summed E-state index contributed by atoms with van der Waals surface area (Å²) in [7, 11) is 4.09. The number of likely N-dealkylation sites (N-methyl/N-ethyl adjacent to an activating group) is 1. The lowest BCUT2D eigenvalue weighted by atomic mass is 10.0. The van der Waals surface area contributed by atoms with Gasteiger partial charge in [0.25, 0.3) is 0 Å². The third kappa shape index (κ3) is 3.44. The predicted molar refractivity (Wildman–Crippen MR) is 94.7 cm³/mol. The summed E-state index contributed by atoms with van der Waals surface area (Å²) < 4.78 is 2.12. The summed E-state index contributed by atoms with van der Waals surface area (Å²) in [6.07, 6.45) is 2.85. The standard InChI is InChI=1S/C19H24N4/c1-14-7-6-8-15(11-14)12-17-19(16(20)13-22(2)3)23-10-5-4-9-18(23)21-17/h4-11,16H,12-13,20H2,1-3H3. The van der Waals surface area contributed by atoms with Crippen molar-refractivity contribution in [2.24, 2.45) is 5.73 Å². The second kappa shape index (κ2) is 6.52. The fourth-order valence-corrected chi connectivity index (χ4v) is 3.08. The van der Waals surface area contributed by atoms with Crippen LogP contribution in [0, 0.1) is 6.92 Å². The third-order valence-electron chi connectivity index (χ3n) is 4.01. The van der Waals surface area contributed by atoms with Crippen molar-refractivity contribution in [3.8, 4) is 0 Å². The molecule has 0 aliphatic heterocycles. The number of imidazole rings is 1. The Bertz CT molecular complexity index is 804. The summed E-state index contributed by atoms with van der Waals surface area (Å²) in [5.41, 5.74) is 12.2. The molecular formula is C19H24N4. The normalized spacial score (nSPS) is 12.9. The lowest BCUT2D eigenvalue weighted by molar-refractivity contribution is 0.372. The molecular weight excluding hydrogens is 284 g/mol. The van der Waals surface area contributed by atoms with E-state index >= 15 is 0 Å². The first kappa shape index (κ1) is 15.7. The van der Waals surface area contributed by atoms with Crippen molar-refractivity contribution in [2.75, 3.05) is 20.6 Å². The SMILES string of the molecule is Cc1cccc(Cc2nc3ccccn3c2C(N)CN(C)C)c1. The third-order valence-corrected chi connectivity index (χ3v) is 4.01. The quantitative estimate of drug-likeness (QED) is 0.788. The summed E-state index contributed by atoms with van der Waals surface area (Å²) in [6, 6.07) is 14.6. The molecule has 0 saturated carbocycles. The van der Waals surface area contributed by atoms with Crippen molar-refractivity contribution in [3.05, 3.63) is 71.2 Å². The molecule has 4 heteroatoms. The summed E-state index contributed by atoms with van der Waals surface area (Å²) in [4.78, 5) is 6.94. The number of aromatic nitrogens is 2. The largest absolute Gasteiger partial charge is 0.322 e. The minimum atomic E-state index is -0.0674. The van der Waals surface area contributed by atoms with Gasteiger partial charge in [-0.2, -0.15) is 0 Å². The number of pyridine rings is 1. The number of benzene rings is 1. The van der Waals surface area contributed by atoms with Gasteiger partial charge in [-0.05, 0) is 38.7 Å². The van der Waals surface area contributed by atoms with Gasteiger partial charge < -0.3 is 15.0 Å². The van der Waals surface area contributed by atoms with Crippen LogP contribution in [0.5, 0.6) is 0 Å². The maximum Gasteiger partial charge on any atom is 0.137 e. The molecule has 1 unspecified atom stereocenters. The summed E-state index contributed by atoms with van der Waals surface area (Å²) in [6.45, 7) is 2.91. The summed E-state index contributed by atoms with van der Waals surface area (Å²) >= 11 is 0. The first-order valence-electron chi connectivity index (χ1n) is 7.96. The second-order valence-corrected chi connectivity index (χ2v) is 6.41. The van der Waals surface area contributed by atoms with E-state index in [-0.39, 0.29) is 6.04 Å². The van der Waals surface area contributed by atoms with E-state index < -0.39 is 0 Å². The maximum atomic E-state index is 6.49. The highest BCUT2D eigenvalue weighted by Gasteiger charge is 2.19. The van der Waals surface area contributed by atoms with Crippen LogP contribution in [0.1, 0.15) is 28.6 Å². The van der Waals surface area contributed by atoms with Gasteiger partial charge in [-0.15, -0.1) is 0 Å². The molecule has 4 nitrogen and oxygen atoms in total. The molecule has 0 radical (unpaired) electrons. The molecule has 0 spiro atoms. The van der Waals surface area contributed by atoms with Crippen LogP contribution in [0.25, 0.3) is 5.65 Å². The van der Waals surface area contributed by atoms with E-state index in [1.807, 2.05) is 38.5 Å². The second-order valence-electron chi connectivity index (χ2n) is 6.41. The number of nitrogens with two attached hydrogens (primary N) is 1. The van der Waals surface area contributed by atoms with Gasteiger partial charge in [-0.25, -0.2) is 4.98 Å². The molecule has 120 valence electrons. The molecule has 1 atom stereocenters. The molecule has 2 aromatic heterocycles. The van der Waals surface area contributed by atoms with Crippen molar-refractivity contribution in [2.45, 2.75) is 19.4 Å². The Hall–Kier alpha value is -2.17. The Labute approximate surface area is 137 Å². The molecule has 1 aromatic carbocycles. The van der Waals surface area contributed by atoms with Gasteiger partial charge >= 0.3 is 0 Å². The van der Waals surface area contributed by atoms with Gasteiger partial charge in [0.05, 0.1) is 17.4 Å². The zero-order valence-electron chi connectivity index (χ0n) is 14.0. The predicted octanol–water partition coefficient (Wildman–Crippen LogP) is 2.79. The van der Waals surface area contributed by atoms with E-state index in [1.54, 1.807) is 0 Å². The van der Waals surface area contributed by atoms with E-state index in [1.165, 1.54) is 11.1 Å². The van der Waals surface area contributed by atoms with Crippen LogP contribution < -0.4 is 5.73 Å². The molecule has 0 aliphatic carbocycles. The van der Waals surface area contributed by atoms with E-state index in [0.717, 1.165) is 30.0 Å². The van der Waals surface area contributed by atoms with E-state index in [2.05, 4.69) is 40.5 Å². The summed E-state index contributed by atoms with van der Waals surface area (Å²) in [5.74, 6) is 0. The number of aryl methyl sites for hydroxylation is 1. The Kier molecular flexibility index (Phi) is 4.46. The van der Waals surface area contributed by atoms with Crippen LogP contribution in [0.2, 0.25) is 0 Å². The zero-order valence-corrected chi connectivity index (χ0v) is 14.0. The van der Waals surface area contributed by atoms with E-state index in [0.29, 0.717) is 0 Å². The monoisotopic (exact) mass is 308 g/mol. The van der Waals surface area contributed by atoms with Crippen LogP contribution in [-0.4, -0.2) is 34.9 Å². The van der Waals surface area contributed by atoms with Crippen molar-refractivity contribution in [1.29, 1.82) is 0 Å². The van der Waals surface area contributed by atoms with Crippen molar-refractivity contribution in [3.63, 3.8) is 0 Å². The Morgan fingerprint density at radius 2 is 2.00 bits per heavy atom. The van der Waals surface area contributed by atoms with Crippen molar-refractivity contribution in [1.82, 2.24) is 14.3 Å². The molecule has 3 aromatic rings. The van der Waals surface area contributed by atoms with Crippen LogP contribution in [0.3, 0.4) is 0 Å². The fraction of sp³-hybridized carbons (Fsp3) is 0.316. The van der Waals surface area contributed by atoms with Crippen LogP contribution >= 0.6 is 0 Å². The Morgan fingerprint density at radius 3 is 2.74 bits per heavy atom. The van der Waals surface area contributed by atoms with Gasteiger partial charge in [-0.3, -0.25) is 0 Å². The zero-order chi connectivity index (χ0) is 16.4. The van der Waals surface area contributed by atoms with Gasteiger partial charge in [0.1, 0.15) is 5.65 Å². The lowest BCUT2D eigenvalue weighted by Gasteiger charge is -2.18. The number of rotatable bonds is 5. The number of fused-ring (bicyclic) bond motifs is 1. The molecule has 0 amide bonds. The maximum absolute atomic E-state index is 6.49. The first-order chi connectivity index (χ1) is 11.0. The fourth-order valence-electron chi connectivity index (χ4n) is 3.08. The Morgan fingerprint density at radius 1 is 1.17 bits per heavy atom. The van der Waals surface area contributed by atoms with Crippen LogP contribution in [0.4, 0.5) is 0 Å². The molecule has 2 heterocycles. The molecule has 0 aliphatic rings. The van der Waals surface area contributed by atoms with E-state index in [9.17, 15) is 0 Å². The van der Waals surface area contributed by atoms with Crippen LogP contribution in [-0.2, 0) is 6.42 Å².